The van der Waals surface area contributed by atoms with Crippen LogP contribution in [0.15, 0.2) is 36.4 Å². The van der Waals surface area contributed by atoms with Gasteiger partial charge in [-0.05, 0) is 6.07 Å². The highest BCUT2D eigenvalue weighted by Gasteiger charge is 2.33. The number of carbonyl (C=O) groups is 1. The Morgan fingerprint density at radius 2 is 1.75 bits per heavy atom. The number of fused-ring (bicyclic) bond motifs is 1. The summed E-state index contributed by atoms with van der Waals surface area (Å²) in [5.41, 5.74) is -0.141. The molecule has 2 aromatic carbocycles. The minimum atomic E-state index is -1.20. The molecule has 0 N–H and O–H groups in total. The van der Waals surface area contributed by atoms with E-state index in [4.69, 9.17) is 4.74 Å². The molecule has 1 unspecified atom stereocenters. The number of Topliss-reactive ketones (excluding diaryl/α,β-unsaturated/α-hetero) is 1. The largest absolute Gasteiger partial charge is 0.492 e. The van der Waals surface area contributed by atoms with E-state index in [0.717, 1.165) is 0 Å². The van der Waals surface area contributed by atoms with Gasteiger partial charge in [-0.3, -0.25) is 4.79 Å². The quantitative estimate of drug-likeness (QED) is 0.786. The summed E-state index contributed by atoms with van der Waals surface area (Å²) in [7, 11) is 0. The molecule has 1 atom stereocenters. The maximum atomic E-state index is 13.6. The van der Waals surface area contributed by atoms with Crippen molar-refractivity contribution in [3.05, 3.63) is 65.0 Å². The molecule has 0 spiro atoms. The van der Waals surface area contributed by atoms with Crippen molar-refractivity contribution in [2.24, 2.45) is 0 Å². The Hall–Kier alpha value is -2.30. The van der Waals surface area contributed by atoms with Crippen LogP contribution >= 0.6 is 0 Å². The smallest absolute Gasteiger partial charge is 0.179 e. The van der Waals surface area contributed by atoms with Crippen LogP contribution in [-0.2, 0) is 0 Å². The maximum Gasteiger partial charge on any atom is 0.179 e. The van der Waals surface area contributed by atoms with Gasteiger partial charge in [-0.2, -0.15) is 0 Å². The Morgan fingerprint density at radius 1 is 1.10 bits per heavy atom. The molecular weight excluding hydrogens is 269 g/mol. The zero-order chi connectivity index (χ0) is 14.3. The van der Waals surface area contributed by atoms with Crippen molar-refractivity contribution in [2.45, 2.75) is 5.92 Å². The molecular formula is C15H9F3O2. The lowest BCUT2D eigenvalue weighted by atomic mass is 9.92. The van der Waals surface area contributed by atoms with E-state index >= 15 is 0 Å². The lowest BCUT2D eigenvalue weighted by molar-refractivity contribution is 0.0939. The van der Waals surface area contributed by atoms with Crippen LogP contribution in [0.5, 0.6) is 5.75 Å². The van der Waals surface area contributed by atoms with Crippen LogP contribution < -0.4 is 4.74 Å². The minimum Gasteiger partial charge on any atom is -0.492 e. The van der Waals surface area contributed by atoms with Crippen molar-refractivity contribution in [3.8, 4) is 5.75 Å². The van der Waals surface area contributed by atoms with Gasteiger partial charge in [0.05, 0.1) is 11.5 Å². The molecule has 3 rings (SSSR count). The molecule has 0 aromatic heterocycles. The Kier molecular flexibility index (Phi) is 2.97. The van der Waals surface area contributed by atoms with Crippen molar-refractivity contribution >= 4 is 5.78 Å². The molecule has 0 fully saturated rings. The second-order valence-electron chi connectivity index (χ2n) is 4.51. The third-order valence-corrected chi connectivity index (χ3v) is 3.27. The fraction of sp³-hybridized carbons (Fsp3) is 0.133. The number of halogens is 3. The summed E-state index contributed by atoms with van der Waals surface area (Å²) in [6, 6.07) is 7.80. The molecule has 0 bridgehead atoms. The fourth-order valence-corrected chi connectivity index (χ4v) is 2.33. The maximum absolute atomic E-state index is 13.6. The van der Waals surface area contributed by atoms with Gasteiger partial charge in [0.2, 0.25) is 0 Å². The highest BCUT2D eigenvalue weighted by atomic mass is 19.1. The van der Waals surface area contributed by atoms with Crippen molar-refractivity contribution in [1.29, 1.82) is 0 Å². The molecule has 102 valence electrons. The molecule has 20 heavy (non-hydrogen) atoms. The molecule has 2 nitrogen and oxygen atoms in total. The van der Waals surface area contributed by atoms with Gasteiger partial charge in [0.15, 0.2) is 5.78 Å². The van der Waals surface area contributed by atoms with E-state index in [1.807, 2.05) is 0 Å². The summed E-state index contributed by atoms with van der Waals surface area (Å²) >= 11 is 0. The Bertz CT molecular complexity index is 674. The first-order valence-corrected chi connectivity index (χ1v) is 5.98. The van der Waals surface area contributed by atoms with Gasteiger partial charge in [0.1, 0.15) is 29.8 Å². The second kappa shape index (κ2) is 4.67. The van der Waals surface area contributed by atoms with Crippen LogP contribution in [0.2, 0.25) is 0 Å². The standard InChI is InChI=1S/C15H9F3O2/c16-8-5-11(17)14(12(18)6-8)15(19)10-7-20-13-4-2-1-3-9(10)13/h1-6,10H,7H2. The van der Waals surface area contributed by atoms with Crippen molar-refractivity contribution in [3.63, 3.8) is 0 Å². The van der Waals surface area contributed by atoms with Gasteiger partial charge >= 0.3 is 0 Å². The first-order valence-electron chi connectivity index (χ1n) is 5.98. The molecule has 1 aliphatic heterocycles. The molecule has 0 amide bonds. The lowest BCUT2D eigenvalue weighted by Crippen LogP contribution is -2.17. The lowest BCUT2D eigenvalue weighted by Gasteiger charge is -2.09. The third-order valence-electron chi connectivity index (χ3n) is 3.27. The molecule has 0 saturated heterocycles. The Labute approximate surface area is 112 Å². The highest BCUT2D eigenvalue weighted by molar-refractivity contribution is 6.02. The van der Waals surface area contributed by atoms with E-state index in [1.54, 1.807) is 24.3 Å². The van der Waals surface area contributed by atoms with E-state index < -0.39 is 34.7 Å². The van der Waals surface area contributed by atoms with Crippen LogP contribution in [0, 0.1) is 17.5 Å². The van der Waals surface area contributed by atoms with E-state index in [0.29, 0.717) is 23.4 Å². The molecule has 2 aromatic rings. The number of hydrogen-bond donors (Lipinski definition) is 0. The number of rotatable bonds is 2. The van der Waals surface area contributed by atoms with Gasteiger partial charge in [0.25, 0.3) is 0 Å². The SMILES string of the molecule is O=C(c1c(F)cc(F)cc1F)C1COc2ccccc21. The summed E-state index contributed by atoms with van der Waals surface area (Å²) in [6.07, 6.45) is 0. The van der Waals surface area contributed by atoms with Crippen LogP contribution in [0.25, 0.3) is 0 Å². The van der Waals surface area contributed by atoms with Gasteiger partial charge in [0, 0.05) is 17.7 Å². The number of ether oxygens (including phenoxy) is 1. The summed E-state index contributed by atoms with van der Waals surface area (Å²) in [5, 5.41) is 0. The Balaban J connectivity index is 2.03. The van der Waals surface area contributed by atoms with Crippen molar-refractivity contribution in [1.82, 2.24) is 0 Å². The third kappa shape index (κ3) is 1.95. The topological polar surface area (TPSA) is 26.3 Å². The highest BCUT2D eigenvalue weighted by Crippen LogP contribution is 2.36. The van der Waals surface area contributed by atoms with Crippen LogP contribution in [-0.4, -0.2) is 12.4 Å². The summed E-state index contributed by atoms with van der Waals surface area (Å²) in [4.78, 5) is 12.3. The summed E-state index contributed by atoms with van der Waals surface area (Å²) in [6.45, 7) is 0.0223. The summed E-state index contributed by atoms with van der Waals surface area (Å²) in [5.74, 6) is -4.45. The number of carbonyl (C=O) groups excluding carboxylic acids is 1. The van der Waals surface area contributed by atoms with Crippen LogP contribution in [0.1, 0.15) is 21.8 Å². The summed E-state index contributed by atoms with van der Waals surface area (Å²) < 4.78 is 45.5. The fourth-order valence-electron chi connectivity index (χ4n) is 2.33. The minimum absolute atomic E-state index is 0.0223. The second-order valence-corrected chi connectivity index (χ2v) is 4.51. The predicted octanol–water partition coefficient (Wildman–Crippen LogP) is 3.46. The molecule has 1 aliphatic rings. The number of ketones is 1. The van der Waals surface area contributed by atoms with E-state index in [2.05, 4.69) is 0 Å². The number of benzene rings is 2. The zero-order valence-electron chi connectivity index (χ0n) is 10.2. The number of hydrogen-bond acceptors (Lipinski definition) is 2. The van der Waals surface area contributed by atoms with Gasteiger partial charge in [-0.25, -0.2) is 13.2 Å². The normalized spacial score (nSPS) is 16.6. The van der Waals surface area contributed by atoms with E-state index in [-0.39, 0.29) is 6.61 Å². The molecule has 0 radical (unpaired) electrons. The van der Waals surface area contributed by atoms with Crippen molar-refractivity contribution < 1.29 is 22.7 Å². The van der Waals surface area contributed by atoms with Crippen molar-refractivity contribution in [2.75, 3.05) is 6.61 Å². The number of para-hydroxylation sites is 1. The molecule has 0 aliphatic carbocycles. The average Bonchev–Trinajstić information content (AvgIpc) is 2.81. The monoisotopic (exact) mass is 278 g/mol. The van der Waals surface area contributed by atoms with E-state index in [1.165, 1.54) is 0 Å². The Morgan fingerprint density at radius 3 is 2.45 bits per heavy atom. The van der Waals surface area contributed by atoms with Gasteiger partial charge in [-0.1, -0.05) is 18.2 Å². The average molecular weight is 278 g/mol. The molecule has 5 heteroatoms. The van der Waals surface area contributed by atoms with E-state index in [9.17, 15) is 18.0 Å². The van der Waals surface area contributed by atoms with Crippen LogP contribution in [0.4, 0.5) is 13.2 Å². The zero-order valence-corrected chi connectivity index (χ0v) is 10.2. The first kappa shape index (κ1) is 12.7. The molecule has 0 saturated carbocycles. The van der Waals surface area contributed by atoms with Crippen LogP contribution in [0.3, 0.4) is 0 Å². The predicted molar refractivity (Wildman–Crippen MR) is 65.3 cm³/mol. The van der Waals surface area contributed by atoms with Gasteiger partial charge in [-0.15, -0.1) is 0 Å². The molecule has 1 heterocycles. The van der Waals surface area contributed by atoms with Gasteiger partial charge < -0.3 is 4.74 Å². The first-order chi connectivity index (χ1) is 9.58.